The fraction of sp³-hybridized carbons (Fsp3) is 0.312. The molecule has 3 heterocycles. The van der Waals surface area contributed by atoms with Crippen LogP contribution in [0.1, 0.15) is 30.4 Å². The predicted octanol–water partition coefficient (Wildman–Crippen LogP) is 2.00. The van der Waals surface area contributed by atoms with Gasteiger partial charge >= 0.3 is 5.97 Å². The Kier molecular flexibility index (Phi) is 3.33. The van der Waals surface area contributed by atoms with Crippen molar-refractivity contribution in [1.82, 2.24) is 9.55 Å². The lowest BCUT2D eigenvalue weighted by molar-refractivity contribution is -0.148. The molecule has 0 fully saturated rings. The molecule has 2 aromatic rings. The lowest BCUT2D eigenvalue weighted by atomic mass is 9.90. The molecule has 1 aliphatic rings. The number of hydrogen-bond acceptors (Lipinski definition) is 4. The molecular formula is C16H16N2O3. The standard InChI is InChI=1S/C16H16N2O3/c1-3-10-11-8-14(13-6-4-5-7-17-13)18(2)15(19)12(11)9-21-16(10)20/h4-8,10H,3,9H2,1-2H3. The van der Waals surface area contributed by atoms with Crippen molar-refractivity contribution in [2.45, 2.75) is 25.9 Å². The van der Waals surface area contributed by atoms with Gasteiger partial charge in [0, 0.05) is 13.2 Å². The van der Waals surface area contributed by atoms with Gasteiger partial charge in [0.25, 0.3) is 5.56 Å². The SMILES string of the molecule is CCC1C(=O)OCc2c1cc(-c1ccccn1)n(C)c2=O. The van der Waals surface area contributed by atoms with Crippen LogP contribution in [0.4, 0.5) is 0 Å². The van der Waals surface area contributed by atoms with Gasteiger partial charge in [-0.05, 0) is 30.2 Å². The second kappa shape index (κ2) is 5.16. The van der Waals surface area contributed by atoms with Gasteiger partial charge in [0.1, 0.15) is 6.61 Å². The van der Waals surface area contributed by atoms with Crippen LogP contribution in [0.25, 0.3) is 11.4 Å². The summed E-state index contributed by atoms with van der Waals surface area (Å²) in [6.07, 6.45) is 2.30. The van der Waals surface area contributed by atoms with Crippen LogP contribution in [-0.4, -0.2) is 15.5 Å². The normalized spacial score (nSPS) is 17.2. The van der Waals surface area contributed by atoms with Gasteiger partial charge in [-0.3, -0.25) is 14.6 Å². The van der Waals surface area contributed by atoms with Gasteiger partial charge in [0.05, 0.1) is 22.9 Å². The van der Waals surface area contributed by atoms with Crippen molar-refractivity contribution in [3.05, 3.63) is 51.9 Å². The van der Waals surface area contributed by atoms with E-state index in [0.29, 0.717) is 23.4 Å². The number of hydrogen-bond donors (Lipinski definition) is 0. The highest BCUT2D eigenvalue weighted by molar-refractivity contribution is 5.80. The van der Waals surface area contributed by atoms with Crippen molar-refractivity contribution in [2.75, 3.05) is 0 Å². The highest BCUT2D eigenvalue weighted by atomic mass is 16.5. The van der Waals surface area contributed by atoms with Crippen LogP contribution in [0.15, 0.2) is 35.3 Å². The monoisotopic (exact) mass is 284 g/mol. The predicted molar refractivity (Wildman–Crippen MR) is 77.7 cm³/mol. The van der Waals surface area contributed by atoms with E-state index < -0.39 is 0 Å². The van der Waals surface area contributed by atoms with E-state index in [2.05, 4.69) is 4.98 Å². The van der Waals surface area contributed by atoms with E-state index in [1.54, 1.807) is 17.8 Å². The van der Waals surface area contributed by atoms with E-state index in [-0.39, 0.29) is 24.1 Å². The molecule has 0 N–H and O–H groups in total. The number of carbonyl (C=O) groups is 1. The maximum atomic E-state index is 12.5. The van der Waals surface area contributed by atoms with Gasteiger partial charge in [-0.15, -0.1) is 0 Å². The van der Waals surface area contributed by atoms with Crippen LogP contribution in [0.2, 0.25) is 0 Å². The lowest BCUT2D eigenvalue weighted by Crippen LogP contribution is -2.32. The van der Waals surface area contributed by atoms with E-state index in [4.69, 9.17) is 4.74 Å². The van der Waals surface area contributed by atoms with Crippen molar-refractivity contribution in [2.24, 2.45) is 7.05 Å². The number of pyridine rings is 2. The molecule has 0 aromatic carbocycles. The van der Waals surface area contributed by atoms with Crippen LogP contribution in [-0.2, 0) is 23.2 Å². The summed E-state index contributed by atoms with van der Waals surface area (Å²) >= 11 is 0. The van der Waals surface area contributed by atoms with Crippen LogP contribution in [0, 0.1) is 0 Å². The first-order valence-corrected chi connectivity index (χ1v) is 6.94. The third-order valence-electron chi connectivity index (χ3n) is 3.92. The molecule has 1 unspecified atom stereocenters. The molecule has 108 valence electrons. The minimum Gasteiger partial charge on any atom is -0.460 e. The van der Waals surface area contributed by atoms with Gasteiger partial charge in [-0.25, -0.2) is 0 Å². The number of fused-ring (bicyclic) bond motifs is 1. The third kappa shape index (κ3) is 2.14. The Balaban J connectivity index is 2.26. The first-order valence-electron chi connectivity index (χ1n) is 6.94. The fourth-order valence-corrected chi connectivity index (χ4v) is 2.74. The van der Waals surface area contributed by atoms with Gasteiger partial charge in [0.2, 0.25) is 0 Å². The highest BCUT2D eigenvalue weighted by Gasteiger charge is 2.31. The number of nitrogens with zero attached hydrogens (tertiary/aromatic N) is 2. The average molecular weight is 284 g/mol. The summed E-state index contributed by atoms with van der Waals surface area (Å²) in [4.78, 5) is 28.7. The average Bonchev–Trinajstić information content (AvgIpc) is 2.51. The Morgan fingerprint density at radius 3 is 2.86 bits per heavy atom. The summed E-state index contributed by atoms with van der Waals surface area (Å²) in [6, 6.07) is 7.45. The van der Waals surface area contributed by atoms with Gasteiger partial charge < -0.3 is 9.30 Å². The molecule has 3 rings (SSSR count). The Morgan fingerprint density at radius 2 is 2.19 bits per heavy atom. The van der Waals surface area contributed by atoms with E-state index in [9.17, 15) is 9.59 Å². The Morgan fingerprint density at radius 1 is 1.38 bits per heavy atom. The number of ether oxygens (including phenoxy) is 1. The van der Waals surface area contributed by atoms with Gasteiger partial charge in [-0.2, -0.15) is 0 Å². The Labute approximate surface area is 122 Å². The molecule has 0 saturated heterocycles. The van der Waals surface area contributed by atoms with E-state index in [0.717, 1.165) is 5.56 Å². The quantitative estimate of drug-likeness (QED) is 0.791. The molecule has 0 amide bonds. The molecule has 21 heavy (non-hydrogen) atoms. The first-order chi connectivity index (χ1) is 10.1. The van der Waals surface area contributed by atoms with Crippen LogP contribution >= 0.6 is 0 Å². The number of esters is 1. The minimum absolute atomic E-state index is 0.0554. The van der Waals surface area contributed by atoms with Crippen LogP contribution < -0.4 is 5.56 Å². The molecule has 0 saturated carbocycles. The van der Waals surface area contributed by atoms with Crippen molar-refractivity contribution in [1.29, 1.82) is 0 Å². The molecule has 5 nitrogen and oxygen atoms in total. The molecule has 0 bridgehead atoms. The summed E-state index contributed by atoms with van der Waals surface area (Å²) in [6.45, 7) is 1.97. The summed E-state index contributed by atoms with van der Waals surface area (Å²) in [5.41, 5.74) is 2.65. The molecular weight excluding hydrogens is 268 g/mol. The van der Waals surface area contributed by atoms with Crippen molar-refractivity contribution >= 4 is 5.97 Å². The zero-order valence-electron chi connectivity index (χ0n) is 12.0. The minimum atomic E-state index is -0.370. The van der Waals surface area contributed by atoms with E-state index in [1.807, 2.05) is 31.2 Å². The van der Waals surface area contributed by atoms with Crippen molar-refractivity contribution in [3.63, 3.8) is 0 Å². The Hall–Kier alpha value is -2.43. The smallest absolute Gasteiger partial charge is 0.313 e. The van der Waals surface area contributed by atoms with Crippen molar-refractivity contribution in [3.8, 4) is 11.4 Å². The summed E-state index contributed by atoms with van der Waals surface area (Å²) in [5, 5.41) is 0. The summed E-state index contributed by atoms with van der Waals surface area (Å²) in [5.74, 6) is -0.629. The van der Waals surface area contributed by atoms with E-state index >= 15 is 0 Å². The molecule has 0 aliphatic carbocycles. The number of carbonyl (C=O) groups excluding carboxylic acids is 1. The van der Waals surface area contributed by atoms with Crippen molar-refractivity contribution < 1.29 is 9.53 Å². The van der Waals surface area contributed by atoms with Crippen LogP contribution in [0.5, 0.6) is 0 Å². The van der Waals surface area contributed by atoms with Crippen LogP contribution in [0.3, 0.4) is 0 Å². The number of aromatic nitrogens is 2. The lowest BCUT2D eigenvalue weighted by Gasteiger charge is -2.24. The molecule has 5 heteroatoms. The van der Waals surface area contributed by atoms with E-state index in [1.165, 1.54) is 0 Å². The fourth-order valence-electron chi connectivity index (χ4n) is 2.74. The number of cyclic esters (lactones) is 1. The molecule has 1 aliphatic heterocycles. The zero-order chi connectivity index (χ0) is 15.0. The first kappa shape index (κ1) is 13.5. The topological polar surface area (TPSA) is 61.2 Å². The van der Waals surface area contributed by atoms with Gasteiger partial charge in [-0.1, -0.05) is 13.0 Å². The largest absolute Gasteiger partial charge is 0.460 e. The molecule has 0 radical (unpaired) electrons. The third-order valence-corrected chi connectivity index (χ3v) is 3.92. The second-order valence-electron chi connectivity index (χ2n) is 5.11. The molecule has 1 atom stereocenters. The maximum Gasteiger partial charge on any atom is 0.313 e. The molecule has 0 spiro atoms. The maximum absolute atomic E-state index is 12.5. The number of rotatable bonds is 2. The summed E-state index contributed by atoms with van der Waals surface area (Å²) < 4.78 is 6.68. The zero-order valence-corrected chi connectivity index (χ0v) is 12.0. The molecule has 2 aromatic heterocycles. The van der Waals surface area contributed by atoms with Gasteiger partial charge in [0.15, 0.2) is 0 Å². The Bertz CT molecular complexity index is 750. The highest BCUT2D eigenvalue weighted by Crippen LogP contribution is 2.30. The summed E-state index contributed by atoms with van der Waals surface area (Å²) in [7, 11) is 1.71. The second-order valence-corrected chi connectivity index (χ2v) is 5.11.